The van der Waals surface area contributed by atoms with E-state index in [-0.39, 0.29) is 12.1 Å². The third kappa shape index (κ3) is 4.23. The van der Waals surface area contributed by atoms with Gasteiger partial charge in [-0.15, -0.1) is 0 Å². The molecule has 3 heterocycles. The summed E-state index contributed by atoms with van der Waals surface area (Å²) in [6.07, 6.45) is 1.84. The molecule has 2 aromatic heterocycles. The van der Waals surface area contributed by atoms with Crippen LogP contribution in [0.4, 0.5) is 11.4 Å². The number of aromatic nitrogens is 2. The first-order valence-corrected chi connectivity index (χ1v) is 12.8. The van der Waals surface area contributed by atoms with E-state index in [2.05, 4.69) is 104 Å². The number of para-hydroxylation sites is 1. The van der Waals surface area contributed by atoms with Gasteiger partial charge in [-0.2, -0.15) is 0 Å². The Morgan fingerprint density at radius 3 is 2.34 bits per heavy atom. The number of halogens is 1. The quantitative estimate of drug-likeness (QED) is 0.290. The van der Waals surface area contributed by atoms with Crippen molar-refractivity contribution in [2.75, 3.05) is 23.9 Å². The van der Waals surface area contributed by atoms with Crippen molar-refractivity contribution in [1.29, 1.82) is 0 Å². The minimum absolute atomic E-state index is 0.0509. The van der Waals surface area contributed by atoms with Crippen molar-refractivity contribution in [3.63, 3.8) is 0 Å². The van der Waals surface area contributed by atoms with Crippen LogP contribution in [0.25, 0.3) is 5.69 Å². The number of nitrogens with zero attached hydrogens (tertiary/aromatic N) is 4. The number of benzene rings is 2. The van der Waals surface area contributed by atoms with Crippen LogP contribution in [0, 0.1) is 13.8 Å². The van der Waals surface area contributed by atoms with Crippen molar-refractivity contribution >= 4 is 44.6 Å². The molecule has 1 saturated heterocycles. The summed E-state index contributed by atoms with van der Waals surface area (Å²) in [4.78, 5) is 9.04. The van der Waals surface area contributed by atoms with Gasteiger partial charge in [-0.1, -0.05) is 18.2 Å². The van der Waals surface area contributed by atoms with Crippen LogP contribution in [0.15, 0.2) is 83.5 Å². The summed E-state index contributed by atoms with van der Waals surface area (Å²) < 4.78 is 3.37. The average molecular weight is 547 g/mol. The molecule has 1 aliphatic heterocycles. The van der Waals surface area contributed by atoms with E-state index in [9.17, 15) is 0 Å². The number of anilines is 2. The highest BCUT2D eigenvalue weighted by molar-refractivity contribution is 9.10. The standard InChI is InChI=1S/C28H28BrN5S/c1-18-17-22(19(2)33(18)25-11-6-5-9-23(25)29)27-26(24-10-7-8-16-30-24)31-28(35)34(27)21-14-12-20(13-15-21)32(3)4/h5-17,26-27H,1-4H3,(H,31,35)/t26-,27+/m0/s1. The van der Waals surface area contributed by atoms with Gasteiger partial charge in [0.05, 0.1) is 23.5 Å². The molecule has 35 heavy (non-hydrogen) atoms. The molecule has 5 rings (SSSR count). The van der Waals surface area contributed by atoms with Gasteiger partial charge in [0.15, 0.2) is 5.11 Å². The second-order valence-electron chi connectivity index (χ2n) is 9.02. The minimum Gasteiger partial charge on any atom is -0.378 e. The Bertz CT molecular complexity index is 1360. The molecule has 0 bridgehead atoms. The Kier molecular flexibility index (Phi) is 6.38. The number of nitrogens with one attached hydrogen (secondary N) is 1. The van der Waals surface area contributed by atoms with Gasteiger partial charge in [0.25, 0.3) is 0 Å². The molecule has 0 unspecified atom stereocenters. The lowest BCUT2D eigenvalue weighted by Gasteiger charge is -2.28. The van der Waals surface area contributed by atoms with Crippen molar-refractivity contribution in [3.8, 4) is 5.69 Å². The van der Waals surface area contributed by atoms with Gasteiger partial charge < -0.3 is 19.7 Å². The van der Waals surface area contributed by atoms with Crippen LogP contribution < -0.4 is 15.1 Å². The van der Waals surface area contributed by atoms with Gasteiger partial charge in [-0.3, -0.25) is 4.98 Å². The Balaban J connectivity index is 1.67. The summed E-state index contributed by atoms with van der Waals surface area (Å²) in [5.41, 5.74) is 7.88. The Morgan fingerprint density at radius 1 is 0.971 bits per heavy atom. The first-order valence-electron chi connectivity index (χ1n) is 11.6. The summed E-state index contributed by atoms with van der Waals surface area (Å²) in [5.74, 6) is 0. The number of aryl methyl sites for hydroxylation is 1. The molecule has 0 saturated carbocycles. The third-order valence-electron chi connectivity index (χ3n) is 6.62. The Labute approximate surface area is 220 Å². The van der Waals surface area contributed by atoms with Crippen LogP contribution in [0.5, 0.6) is 0 Å². The van der Waals surface area contributed by atoms with Crippen molar-refractivity contribution in [3.05, 3.63) is 106 Å². The molecule has 7 heteroatoms. The second kappa shape index (κ2) is 9.47. The first-order chi connectivity index (χ1) is 16.9. The largest absolute Gasteiger partial charge is 0.378 e. The molecular weight excluding hydrogens is 518 g/mol. The first kappa shape index (κ1) is 23.6. The summed E-state index contributed by atoms with van der Waals surface area (Å²) in [6.45, 7) is 4.34. The molecule has 0 spiro atoms. The van der Waals surface area contributed by atoms with Gasteiger partial charge in [-0.05, 0) is 102 Å². The van der Waals surface area contributed by atoms with E-state index >= 15 is 0 Å². The Morgan fingerprint density at radius 2 is 1.69 bits per heavy atom. The maximum absolute atomic E-state index is 5.92. The summed E-state index contributed by atoms with van der Waals surface area (Å²) in [7, 11) is 4.10. The number of rotatable bonds is 5. The van der Waals surface area contributed by atoms with Crippen molar-refractivity contribution in [2.24, 2.45) is 0 Å². The fourth-order valence-corrected chi connectivity index (χ4v) is 5.76. The lowest BCUT2D eigenvalue weighted by molar-refractivity contribution is 0.565. The number of hydrogen-bond acceptors (Lipinski definition) is 3. The average Bonchev–Trinajstić information content (AvgIpc) is 3.35. The molecule has 178 valence electrons. The molecule has 0 amide bonds. The SMILES string of the molecule is Cc1cc([C@@H]2[C@H](c3ccccn3)NC(=S)N2c2ccc(N(C)C)cc2)c(C)n1-c1ccccc1Br. The minimum atomic E-state index is -0.0783. The van der Waals surface area contributed by atoms with Crippen LogP contribution in [0.1, 0.15) is 34.7 Å². The van der Waals surface area contributed by atoms with Gasteiger partial charge >= 0.3 is 0 Å². The van der Waals surface area contributed by atoms with E-state index in [0.29, 0.717) is 5.11 Å². The van der Waals surface area contributed by atoms with Gasteiger partial charge in [0.2, 0.25) is 0 Å². The molecule has 1 fully saturated rings. The van der Waals surface area contributed by atoms with E-state index < -0.39 is 0 Å². The fourth-order valence-electron chi connectivity index (χ4n) is 4.95. The van der Waals surface area contributed by atoms with E-state index in [1.807, 2.05) is 38.5 Å². The predicted molar refractivity (Wildman–Crippen MR) is 152 cm³/mol. The van der Waals surface area contributed by atoms with Crippen LogP contribution in [-0.4, -0.2) is 28.8 Å². The van der Waals surface area contributed by atoms with E-state index in [0.717, 1.165) is 27.2 Å². The maximum Gasteiger partial charge on any atom is 0.174 e. The number of pyridine rings is 1. The smallest absolute Gasteiger partial charge is 0.174 e. The molecule has 0 aliphatic carbocycles. The van der Waals surface area contributed by atoms with Crippen LogP contribution in [-0.2, 0) is 0 Å². The van der Waals surface area contributed by atoms with Gasteiger partial charge in [0.1, 0.15) is 0 Å². The van der Waals surface area contributed by atoms with E-state index in [4.69, 9.17) is 17.2 Å². The summed E-state index contributed by atoms with van der Waals surface area (Å²) in [6, 6.07) is 25.1. The molecule has 5 nitrogen and oxygen atoms in total. The molecule has 1 N–H and O–H groups in total. The molecule has 0 radical (unpaired) electrons. The lowest BCUT2D eigenvalue weighted by atomic mass is 9.96. The highest BCUT2D eigenvalue weighted by atomic mass is 79.9. The fraction of sp³-hybridized carbons (Fsp3) is 0.214. The molecule has 2 aromatic carbocycles. The second-order valence-corrected chi connectivity index (χ2v) is 10.3. The van der Waals surface area contributed by atoms with Crippen LogP contribution in [0.3, 0.4) is 0 Å². The molecule has 1 aliphatic rings. The van der Waals surface area contributed by atoms with Crippen molar-refractivity contribution < 1.29 is 0 Å². The molecule has 2 atom stereocenters. The zero-order valence-corrected chi connectivity index (χ0v) is 22.6. The van der Waals surface area contributed by atoms with Crippen molar-refractivity contribution in [1.82, 2.24) is 14.9 Å². The van der Waals surface area contributed by atoms with Gasteiger partial charge in [-0.25, -0.2) is 0 Å². The summed E-state index contributed by atoms with van der Waals surface area (Å²) in [5, 5.41) is 4.28. The number of hydrogen-bond donors (Lipinski definition) is 1. The zero-order chi connectivity index (χ0) is 24.7. The Hall–Kier alpha value is -3.16. The van der Waals surface area contributed by atoms with Crippen LogP contribution >= 0.6 is 28.1 Å². The number of thiocarbonyl (C=S) groups is 1. The molecular formula is C28H28BrN5S. The van der Waals surface area contributed by atoms with Crippen LogP contribution in [0.2, 0.25) is 0 Å². The van der Waals surface area contributed by atoms with E-state index in [1.54, 1.807) is 0 Å². The third-order valence-corrected chi connectivity index (χ3v) is 7.61. The lowest BCUT2D eigenvalue weighted by Crippen LogP contribution is -2.29. The summed E-state index contributed by atoms with van der Waals surface area (Å²) >= 11 is 9.66. The highest BCUT2D eigenvalue weighted by Crippen LogP contribution is 2.44. The van der Waals surface area contributed by atoms with Crippen molar-refractivity contribution in [2.45, 2.75) is 25.9 Å². The molecule has 4 aromatic rings. The predicted octanol–water partition coefficient (Wildman–Crippen LogP) is 6.49. The monoisotopic (exact) mass is 545 g/mol. The topological polar surface area (TPSA) is 36.3 Å². The normalized spacial score (nSPS) is 17.5. The maximum atomic E-state index is 5.92. The van der Waals surface area contributed by atoms with Gasteiger partial charge in [0, 0.05) is 47.5 Å². The highest BCUT2D eigenvalue weighted by Gasteiger charge is 2.42. The zero-order valence-electron chi connectivity index (χ0n) is 20.2. The van der Waals surface area contributed by atoms with E-state index in [1.165, 1.54) is 17.0 Å².